The first-order valence-electron chi connectivity index (χ1n) is 7.46. The van der Waals surface area contributed by atoms with Crippen LogP contribution in [0, 0.1) is 0 Å². The number of hydrogen-bond donors (Lipinski definition) is 4. The van der Waals surface area contributed by atoms with Crippen LogP contribution in [0.15, 0.2) is 48.5 Å². The molecule has 0 spiro atoms. The van der Waals surface area contributed by atoms with Gasteiger partial charge in [-0.05, 0) is 59.8 Å². The van der Waals surface area contributed by atoms with Crippen molar-refractivity contribution in [3.63, 3.8) is 0 Å². The Morgan fingerprint density at radius 2 is 1.00 bits per heavy atom. The van der Waals surface area contributed by atoms with E-state index < -0.39 is 0 Å². The van der Waals surface area contributed by atoms with E-state index >= 15 is 0 Å². The Morgan fingerprint density at radius 3 is 1.29 bits per heavy atom. The molecule has 6 heteroatoms. The molecule has 0 heterocycles. The van der Waals surface area contributed by atoms with Gasteiger partial charge in [-0.2, -0.15) is 0 Å². The Labute approximate surface area is 153 Å². The SMILES string of the molecule is CNC(=S)Nc1ccc(C=Cc2ccc(NC(=S)NC)cc2)cc1. The second-order valence-corrected chi connectivity index (χ2v) is 5.80. The van der Waals surface area contributed by atoms with Crippen LogP contribution < -0.4 is 21.3 Å². The van der Waals surface area contributed by atoms with Crippen LogP contribution >= 0.6 is 24.4 Å². The summed E-state index contributed by atoms with van der Waals surface area (Å²) in [5.41, 5.74) is 4.16. The number of anilines is 2. The van der Waals surface area contributed by atoms with Gasteiger partial charge >= 0.3 is 0 Å². The Morgan fingerprint density at radius 1 is 0.667 bits per heavy atom. The van der Waals surface area contributed by atoms with Crippen molar-refractivity contribution in [3.05, 3.63) is 59.7 Å². The van der Waals surface area contributed by atoms with E-state index in [1.54, 1.807) is 14.1 Å². The number of benzene rings is 2. The minimum atomic E-state index is 0.602. The minimum absolute atomic E-state index is 0.602. The lowest BCUT2D eigenvalue weighted by Crippen LogP contribution is -2.23. The van der Waals surface area contributed by atoms with Gasteiger partial charge in [0, 0.05) is 25.5 Å². The van der Waals surface area contributed by atoms with Crippen molar-refractivity contribution in [2.24, 2.45) is 0 Å². The smallest absolute Gasteiger partial charge is 0.170 e. The van der Waals surface area contributed by atoms with Crippen LogP contribution in [0.3, 0.4) is 0 Å². The molecule has 0 aliphatic carbocycles. The maximum Gasteiger partial charge on any atom is 0.170 e. The third-order valence-electron chi connectivity index (χ3n) is 3.26. The molecule has 0 aromatic heterocycles. The first-order valence-corrected chi connectivity index (χ1v) is 8.28. The fraction of sp³-hybridized carbons (Fsp3) is 0.111. The Kier molecular flexibility index (Phi) is 6.72. The molecule has 0 unspecified atom stereocenters. The molecule has 0 fully saturated rings. The number of rotatable bonds is 4. The van der Waals surface area contributed by atoms with Gasteiger partial charge in [0.15, 0.2) is 10.2 Å². The highest BCUT2D eigenvalue weighted by Gasteiger charge is 1.96. The molecule has 2 aromatic rings. The molecule has 0 bridgehead atoms. The fourth-order valence-corrected chi connectivity index (χ4v) is 2.17. The Bertz CT molecular complexity index is 658. The van der Waals surface area contributed by atoms with E-state index in [0.29, 0.717) is 10.2 Å². The van der Waals surface area contributed by atoms with Crippen molar-refractivity contribution in [1.29, 1.82) is 0 Å². The van der Waals surface area contributed by atoms with Crippen molar-refractivity contribution >= 4 is 58.2 Å². The third-order valence-corrected chi connectivity index (χ3v) is 3.87. The maximum atomic E-state index is 5.08. The largest absolute Gasteiger partial charge is 0.366 e. The predicted octanol–water partition coefficient (Wildman–Crippen LogP) is 3.69. The summed E-state index contributed by atoms with van der Waals surface area (Å²) in [7, 11) is 3.58. The topological polar surface area (TPSA) is 48.1 Å². The van der Waals surface area contributed by atoms with E-state index in [-0.39, 0.29) is 0 Å². The average Bonchev–Trinajstić information content (AvgIpc) is 2.62. The van der Waals surface area contributed by atoms with Crippen LogP contribution in [0.5, 0.6) is 0 Å². The van der Waals surface area contributed by atoms with Crippen LogP contribution in [0.2, 0.25) is 0 Å². The summed E-state index contributed by atoms with van der Waals surface area (Å²) >= 11 is 10.2. The van der Waals surface area contributed by atoms with Crippen LogP contribution in [-0.4, -0.2) is 24.3 Å². The molecule has 4 nitrogen and oxygen atoms in total. The molecule has 0 aliphatic rings. The molecule has 0 atom stereocenters. The second-order valence-electron chi connectivity index (χ2n) is 4.99. The first-order chi connectivity index (χ1) is 11.6. The van der Waals surface area contributed by atoms with Crippen molar-refractivity contribution < 1.29 is 0 Å². The third kappa shape index (κ3) is 5.64. The number of thiocarbonyl (C=S) groups is 2. The summed E-state index contributed by atoms with van der Waals surface area (Å²) in [4.78, 5) is 0. The van der Waals surface area contributed by atoms with Crippen molar-refractivity contribution in [2.45, 2.75) is 0 Å². The zero-order valence-electron chi connectivity index (χ0n) is 13.6. The van der Waals surface area contributed by atoms with Crippen molar-refractivity contribution in [3.8, 4) is 0 Å². The molecule has 0 amide bonds. The zero-order valence-corrected chi connectivity index (χ0v) is 15.2. The van der Waals surface area contributed by atoms with Crippen LogP contribution in [-0.2, 0) is 0 Å². The van der Waals surface area contributed by atoms with E-state index in [9.17, 15) is 0 Å². The predicted molar refractivity (Wildman–Crippen MR) is 112 cm³/mol. The fourth-order valence-electron chi connectivity index (χ4n) is 1.93. The molecule has 0 saturated carbocycles. The normalized spacial score (nSPS) is 10.2. The van der Waals surface area contributed by atoms with Gasteiger partial charge in [0.05, 0.1) is 0 Å². The molecule has 0 aliphatic heterocycles. The lowest BCUT2D eigenvalue weighted by molar-refractivity contribution is 1.20. The summed E-state index contributed by atoms with van der Waals surface area (Å²) in [5, 5.41) is 13.2. The summed E-state index contributed by atoms with van der Waals surface area (Å²) in [6.07, 6.45) is 4.14. The summed E-state index contributed by atoms with van der Waals surface area (Å²) in [6.45, 7) is 0. The lowest BCUT2D eigenvalue weighted by atomic mass is 10.1. The van der Waals surface area contributed by atoms with Crippen LogP contribution in [0.1, 0.15) is 11.1 Å². The van der Waals surface area contributed by atoms with Crippen LogP contribution in [0.4, 0.5) is 11.4 Å². The average molecular weight is 357 g/mol. The minimum Gasteiger partial charge on any atom is -0.366 e. The van der Waals surface area contributed by atoms with Gasteiger partial charge in [0.1, 0.15) is 0 Å². The van der Waals surface area contributed by atoms with Crippen LogP contribution in [0.25, 0.3) is 12.2 Å². The Balaban J connectivity index is 1.97. The Hall–Kier alpha value is -2.44. The quantitative estimate of drug-likeness (QED) is 0.495. The highest BCUT2D eigenvalue weighted by atomic mass is 32.1. The van der Waals surface area contributed by atoms with E-state index in [2.05, 4.69) is 33.4 Å². The lowest BCUT2D eigenvalue weighted by Gasteiger charge is -2.07. The molecule has 124 valence electrons. The number of hydrogen-bond acceptors (Lipinski definition) is 2. The van der Waals surface area contributed by atoms with E-state index in [1.807, 2.05) is 48.5 Å². The van der Waals surface area contributed by atoms with Gasteiger partial charge in [-0.15, -0.1) is 0 Å². The molecule has 2 rings (SSSR count). The molecule has 0 saturated heterocycles. The van der Waals surface area contributed by atoms with Gasteiger partial charge in [-0.25, -0.2) is 0 Å². The van der Waals surface area contributed by atoms with E-state index in [0.717, 1.165) is 22.5 Å². The van der Waals surface area contributed by atoms with Gasteiger partial charge in [0.2, 0.25) is 0 Å². The van der Waals surface area contributed by atoms with Gasteiger partial charge < -0.3 is 21.3 Å². The zero-order chi connectivity index (χ0) is 17.4. The highest BCUT2D eigenvalue weighted by molar-refractivity contribution is 7.80. The molecule has 24 heavy (non-hydrogen) atoms. The molecular weight excluding hydrogens is 336 g/mol. The van der Waals surface area contributed by atoms with Crippen molar-refractivity contribution in [1.82, 2.24) is 10.6 Å². The first kappa shape index (κ1) is 17.9. The molecule has 0 radical (unpaired) electrons. The van der Waals surface area contributed by atoms with E-state index in [1.165, 1.54) is 0 Å². The van der Waals surface area contributed by atoms with Gasteiger partial charge in [-0.1, -0.05) is 36.4 Å². The molecular formula is C18H20N4S2. The molecule has 4 N–H and O–H groups in total. The maximum absolute atomic E-state index is 5.08. The molecule has 2 aromatic carbocycles. The van der Waals surface area contributed by atoms with Crippen molar-refractivity contribution in [2.75, 3.05) is 24.7 Å². The van der Waals surface area contributed by atoms with E-state index in [4.69, 9.17) is 24.4 Å². The summed E-state index contributed by atoms with van der Waals surface area (Å²) in [5.74, 6) is 0. The monoisotopic (exact) mass is 356 g/mol. The van der Waals surface area contributed by atoms with Gasteiger partial charge in [-0.3, -0.25) is 0 Å². The number of nitrogens with one attached hydrogen (secondary N) is 4. The standard InChI is InChI=1S/C18H20N4S2/c1-19-17(23)21-15-9-5-13(6-10-15)3-4-14-7-11-16(12-8-14)22-18(24)20-2/h3-12H,1-2H3,(H2,19,21,23)(H2,20,22,24). The second kappa shape index (κ2) is 9.00. The summed E-state index contributed by atoms with van der Waals surface area (Å²) < 4.78 is 0. The highest BCUT2D eigenvalue weighted by Crippen LogP contribution is 2.14. The van der Waals surface area contributed by atoms with Gasteiger partial charge in [0.25, 0.3) is 0 Å². The summed E-state index contributed by atoms with van der Waals surface area (Å²) in [6, 6.07) is 16.1.